The minimum absolute atomic E-state index is 0. The van der Waals surface area contributed by atoms with Gasteiger partial charge in [-0.05, 0) is 12.1 Å². The molecule has 0 N–H and O–H groups in total. The van der Waals surface area contributed by atoms with Crippen molar-refractivity contribution in [3.8, 4) is 22.8 Å². The van der Waals surface area contributed by atoms with E-state index in [2.05, 4.69) is 81.9 Å². The van der Waals surface area contributed by atoms with Crippen LogP contribution in [0.2, 0.25) is 0 Å². The van der Waals surface area contributed by atoms with Crippen molar-refractivity contribution in [3.63, 3.8) is 0 Å². The van der Waals surface area contributed by atoms with Gasteiger partial charge in [0.1, 0.15) is 12.7 Å². The monoisotopic (exact) mass is 697 g/mol. The first-order chi connectivity index (χ1) is 18.1. The Morgan fingerprint density at radius 3 is 1.28 bits per heavy atom. The minimum atomic E-state index is -0.00587. The van der Waals surface area contributed by atoms with E-state index in [1.54, 1.807) is 12.7 Å². The molecule has 0 aliphatic heterocycles. The van der Waals surface area contributed by atoms with Gasteiger partial charge in [0.05, 0.1) is 22.4 Å². The van der Waals surface area contributed by atoms with Crippen molar-refractivity contribution in [2.45, 2.75) is 52.4 Å². The number of hydrogen-bond acceptors (Lipinski definition) is 6. The molecule has 0 bridgehead atoms. The van der Waals surface area contributed by atoms with Crippen molar-refractivity contribution in [2.24, 2.45) is 0 Å². The van der Waals surface area contributed by atoms with Gasteiger partial charge in [0.25, 0.3) is 0 Å². The number of hydrogen-bond donors (Lipinski definition) is 0. The Kier molecular flexibility index (Phi) is 8.07. The molecule has 0 aliphatic carbocycles. The van der Waals surface area contributed by atoms with Gasteiger partial charge in [-0.1, -0.05) is 101 Å². The normalized spacial score (nSPS) is 11.6. The summed E-state index contributed by atoms with van der Waals surface area (Å²) in [5, 5.41) is 19.1. The van der Waals surface area contributed by atoms with Crippen LogP contribution in [0.25, 0.3) is 44.6 Å². The molecular weight excluding hydrogens is 667 g/mol. The Balaban J connectivity index is 0.000000176. The molecule has 2 aromatic carbocycles. The summed E-state index contributed by atoms with van der Waals surface area (Å²) in [4.78, 5) is 17.2. The van der Waals surface area contributed by atoms with Gasteiger partial charge in [-0.3, -0.25) is 0 Å². The van der Waals surface area contributed by atoms with Crippen LogP contribution >= 0.6 is 0 Å². The fourth-order valence-corrected chi connectivity index (χ4v) is 3.97. The van der Waals surface area contributed by atoms with Crippen LogP contribution in [0.3, 0.4) is 0 Å². The molecule has 0 fully saturated rings. The second-order valence-corrected chi connectivity index (χ2v) is 11.2. The van der Waals surface area contributed by atoms with Crippen LogP contribution in [0.15, 0.2) is 73.3 Å². The van der Waals surface area contributed by atoms with Gasteiger partial charge in [-0.15, -0.1) is 0 Å². The smallest absolute Gasteiger partial charge is 0.573 e. The van der Waals surface area contributed by atoms with Crippen molar-refractivity contribution in [3.05, 3.63) is 84.7 Å². The second-order valence-electron chi connectivity index (χ2n) is 11.2. The molecule has 0 saturated heterocycles. The molecule has 6 aromatic rings. The second kappa shape index (κ2) is 11.1. The number of rotatable bonds is 2. The van der Waals surface area contributed by atoms with Gasteiger partial charge in [0.2, 0.25) is 0 Å². The fourth-order valence-electron chi connectivity index (χ4n) is 3.97. The molecule has 4 heterocycles. The maximum atomic E-state index is 4.36. The van der Waals surface area contributed by atoms with Crippen LogP contribution in [0.4, 0.5) is 0 Å². The molecule has 4 aromatic heterocycles. The number of nitrogens with zero attached hydrogens (tertiary/aromatic N) is 8. The summed E-state index contributed by atoms with van der Waals surface area (Å²) in [5.41, 5.74) is 7.09. The summed E-state index contributed by atoms with van der Waals surface area (Å²) in [7, 11) is 0. The largest absolute Gasteiger partial charge is 2.00 e. The summed E-state index contributed by atoms with van der Waals surface area (Å²) in [6, 6.07) is 19.9. The predicted octanol–water partition coefficient (Wildman–Crippen LogP) is 5.89. The Bertz CT molecular complexity index is 1570. The van der Waals surface area contributed by atoms with E-state index >= 15 is 0 Å². The number of benzene rings is 2. The first kappa shape index (κ1) is 28.2. The average Bonchev–Trinajstić information content (AvgIpc) is 3.59. The first-order valence-corrected chi connectivity index (χ1v) is 12.5. The van der Waals surface area contributed by atoms with E-state index in [0.29, 0.717) is 0 Å². The van der Waals surface area contributed by atoms with Crippen LogP contribution in [-0.4, -0.2) is 30.1 Å². The van der Waals surface area contributed by atoms with Crippen LogP contribution in [-0.2, 0) is 31.9 Å². The molecule has 6 rings (SSSR count). The molecular formula is C30H30N8Pt. The molecule has 0 amide bonds. The molecule has 9 heteroatoms. The van der Waals surface area contributed by atoms with Gasteiger partial charge in [0, 0.05) is 33.0 Å². The zero-order valence-electron chi connectivity index (χ0n) is 22.8. The first-order valence-electron chi connectivity index (χ1n) is 12.5. The topological polar surface area (TPSA) is 106 Å². The number of fused-ring (bicyclic) bond motifs is 2. The summed E-state index contributed by atoms with van der Waals surface area (Å²) in [6.07, 6.45) is 3.15. The summed E-state index contributed by atoms with van der Waals surface area (Å²) >= 11 is 0. The van der Waals surface area contributed by atoms with Gasteiger partial charge in [-0.2, -0.15) is 0 Å². The molecule has 0 unspecified atom stereocenters. The standard InChI is InChI=1S/2C15H15N4.Pt/c2*1-15(2,3)13-8-12(18-19-13)14-10-6-4-5-7-11(10)16-9-17-14;/h2*4-9H,1-3H3;/q2*-1;+2. The number of para-hydroxylation sites is 2. The molecule has 0 aliphatic rings. The summed E-state index contributed by atoms with van der Waals surface area (Å²) in [5.74, 6) is 0. The number of aromatic nitrogens is 8. The van der Waals surface area contributed by atoms with Gasteiger partial charge in [-0.25, -0.2) is 19.9 Å². The van der Waals surface area contributed by atoms with E-state index in [-0.39, 0.29) is 31.9 Å². The van der Waals surface area contributed by atoms with Crippen molar-refractivity contribution in [1.29, 1.82) is 0 Å². The maximum absolute atomic E-state index is 4.36. The van der Waals surface area contributed by atoms with Crippen molar-refractivity contribution < 1.29 is 21.1 Å². The summed E-state index contributed by atoms with van der Waals surface area (Å²) < 4.78 is 0. The third-order valence-corrected chi connectivity index (χ3v) is 6.19. The zero-order chi connectivity index (χ0) is 26.9. The third-order valence-electron chi connectivity index (χ3n) is 6.19. The third kappa shape index (κ3) is 6.12. The Morgan fingerprint density at radius 2 is 0.923 bits per heavy atom. The van der Waals surface area contributed by atoms with Crippen molar-refractivity contribution >= 4 is 21.8 Å². The molecule has 200 valence electrons. The van der Waals surface area contributed by atoms with Gasteiger partial charge in [0.15, 0.2) is 0 Å². The van der Waals surface area contributed by atoms with E-state index in [1.807, 2.05) is 60.7 Å². The van der Waals surface area contributed by atoms with Crippen LogP contribution in [0.5, 0.6) is 0 Å². The Hall–Kier alpha value is -3.77. The van der Waals surface area contributed by atoms with Gasteiger partial charge >= 0.3 is 21.1 Å². The molecule has 0 spiro atoms. The molecule has 39 heavy (non-hydrogen) atoms. The molecule has 0 saturated carbocycles. The Labute approximate surface area is 242 Å². The van der Waals surface area contributed by atoms with Crippen LogP contribution in [0, 0.1) is 0 Å². The maximum Gasteiger partial charge on any atom is 2.00 e. The van der Waals surface area contributed by atoms with Crippen molar-refractivity contribution in [2.75, 3.05) is 0 Å². The minimum Gasteiger partial charge on any atom is -0.573 e. The van der Waals surface area contributed by atoms with Crippen molar-refractivity contribution in [1.82, 2.24) is 40.3 Å². The molecule has 0 atom stereocenters. The van der Waals surface area contributed by atoms with E-state index in [1.165, 1.54) is 0 Å². The fraction of sp³-hybridized carbons (Fsp3) is 0.267. The SMILES string of the molecule is CC(C)(C)c1cc(-c2ncnc3ccccc23)[n-]n1.CC(C)(C)c1cc(-c2ncnc3ccccc23)[n-]n1.[Pt+2]. The van der Waals surface area contributed by atoms with E-state index in [0.717, 1.165) is 56.0 Å². The van der Waals surface area contributed by atoms with Crippen LogP contribution < -0.4 is 10.2 Å². The van der Waals surface area contributed by atoms with Crippen LogP contribution in [0.1, 0.15) is 52.9 Å². The molecule has 8 nitrogen and oxygen atoms in total. The quantitative estimate of drug-likeness (QED) is 0.221. The molecule has 0 radical (unpaired) electrons. The van der Waals surface area contributed by atoms with Gasteiger partial charge < -0.3 is 20.4 Å². The zero-order valence-corrected chi connectivity index (χ0v) is 25.1. The van der Waals surface area contributed by atoms with E-state index in [9.17, 15) is 0 Å². The average molecular weight is 698 g/mol. The van der Waals surface area contributed by atoms with E-state index in [4.69, 9.17) is 0 Å². The predicted molar refractivity (Wildman–Crippen MR) is 150 cm³/mol. The van der Waals surface area contributed by atoms with E-state index < -0.39 is 0 Å². The Morgan fingerprint density at radius 1 is 0.538 bits per heavy atom. The summed E-state index contributed by atoms with van der Waals surface area (Å²) in [6.45, 7) is 12.7.